The summed E-state index contributed by atoms with van der Waals surface area (Å²) in [6, 6.07) is 33.3. The van der Waals surface area contributed by atoms with Crippen LogP contribution in [0.25, 0.3) is 11.1 Å². The van der Waals surface area contributed by atoms with Crippen molar-refractivity contribution in [1.82, 2.24) is 0 Å². The van der Waals surface area contributed by atoms with Crippen molar-refractivity contribution in [2.24, 2.45) is 0 Å². The molecule has 0 bridgehead atoms. The molecule has 6 rings (SSSR count). The number of halogens is 6. The lowest BCUT2D eigenvalue weighted by molar-refractivity contribution is 0.428. The maximum atomic E-state index is 17.0. The van der Waals surface area contributed by atoms with E-state index in [1.807, 2.05) is 0 Å². The lowest BCUT2D eigenvalue weighted by atomic mass is 10.0. The highest BCUT2D eigenvalue weighted by Crippen LogP contribution is 2.52. The van der Waals surface area contributed by atoms with Gasteiger partial charge in [0.2, 0.25) is 0 Å². The van der Waals surface area contributed by atoms with Crippen molar-refractivity contribution in [2.45, 2.75) is 39.2 Å². The molecule has 0 aliphatic carbocycles. The van der Waals surface area contributed by atoms with Crippen molar-refractivity contribution in [3.63, 3.8) is 0 Å². The second-order valence-electron chi connectivity index (χ2n) is 9.61. The molecule has 0 atom stereocenters. The fraction of sp³-hybridized carbons (Fsp3) is 0. The summed E-state index contributed by atoms with van der Waals surface area (Å²) in [5.41, 5.74) is -2.24. The molecule has 0 aromatic heterocycles. The Kier molecular flexibility index (Phi) is 10.1. The maximum absolute atomic E-state index is 17.0. The van der Waals surface area contributed by atoms with E-state index in [9.17, 15) is 0 Å². The van der Waals surface area contributed by atoms with Gasteiger partial charge >= 0.3 is 0 Å². The molecule has 0 saturated heterocycles. The molecule has 0 aliphatic rings. The van der Waals surface area contributed by atoms with Crippen LogP contribution in [-0.2, 0) is 0 Å². The Balaban J connectivity index is 1.63. The zero-order chi connectivity index (χ0) is 32.2. The second-order valence-corrected chi connectivity index (χ2v) is 13.9. The van der Waals surface area contributed by atoms with Crippen LogP contribution in [0, 0.1) is 34.9 Å². The predicted molar refractivity (Wildman–Crippen MR) is 174 cm³/mol. The van der Waals surface area contributed by atoms with Crippen molar-refractivity contribution in [3.05, 3.63) is 156 Å². The van der Waals surface area contributed by atoms with Gasteiger partial charge in [-0.3, -0.25) is 0 Å². The zero-order valence-corrected chi connectivity index (χ0v) is 26.7. The third kappa shape index (κ3) is 6.71. The topological polar surface area (TPSA) is 0 Å². The molecule has 0 spiro atoms. The zero-order valence-electron chi connectivity index (χ0n) is 23.4. The smallest absolute Gasteiger partial charge is 0.176 e. The number of rotatable bonds is 9. The van der Waals surface area contributed by atoms with E-state index in [1.54, 1.807) is 109 Å². The molecule has 0 unspecified atom stereocenters. The van der Waals surface area contributed by atoms with E-state index in [1.165, 1.54) is 12.1 Å². The van der Waals surface area contributed by atoms with E-state index in [4.69, 9.17) is 0 Å². The quantitative estimate of drug-likeness (QED) is 0.109. The van der Waals surface area contributed by atoms with Gasteiger partial charge in [-0.05, 0) is 48.5 Å². The molecule has 10 heteroatoms. The second kappa shape index (κ2) is 14.4. The maximum Gasteiger partial charge on any atom is 0.176 e. The van der Waals surface area contributed by atoms with Crippen molar-refractivity contribution in [1.29, 1.82) is 0 Å². The Morgan fingerprint density at radius 1 is 0.261 bits per heavy atom. The summed E-state index contributed by atoms with van der Waals surface area (Å²) in [5.74, 6) is -9.28. The van der Waals surface area contributed by atoms with Crippen LogP contribution >= 0.6 is 47.0 Å². The van der Waals surface area contributed by atoms with Crippen LogP contribution in [0.4, 0.5) is 26.3 Å². The van der Waals surface area contributed by atoms with E-state index in [0.717, 1.165) is 23.5 Å². The van der Waals surface area contributed by atoms with Gasteiger partial charge < -0.3 is 0 Å². The normalized spacial score (nSPS) is 11.2. The Bertz CT molecular complexity index is 1960. The van der Waals surface area contributed by atoms with Gasteiger partial charge in [0.25, 0.3) is 0 Å². The summed E-state index contributed by atoms with van der Waals surface area (Å²) < 4.78 is 97.3. The molecule has 6 aromatic carbocycles. The van der Waals surface area contributed by atoms with Crippen molar-refractivity contribution < 1.29 is 26.3 Å². The molecule has 230 valence electrons. The van der Waals surface area contributed by atoms with E-state index < -0.39 is 55.8 Å². The first-order valence-electron chi connectivity index (χ1n) is 13.7. The van der Waals surface area contributed by atoms with E-state index in [-0.39, 0.29) is 9.79 Å². The molecule has 0 heterocycles. The summed E-state index contributed by atoms with van der Waals surface area (Å²) in [6.07, 6.45) is 0. The van der Waals surface area contributed by atoms with Crippen LogP contribution in [0.1, 0.15) is 0 Å². The summed E-state index contributed by atoms with van der Waals surface area (Å²) in [4.78, 5) is -0.0378. The average molecular weight is 695 g/mol. The Hall–Kier alpha value is -3.70. The van der Waals surface area contributed by atoms with Gasteiger partial charge in [0.15, 0.2) is 29.1 Å². The van der Waals surface area contributed by atoms with E-state index >= 15 is 26.3 Å². The third-order valence-corrected chi connectivity index (χ3v) is 11.1. The number of hydrogen-bond donors (Lipinski definition) is 0. The summed E-state index contributed by atoms with van der Waals surface area (Å²) in [6.45, 7) is 0. The molecule has 6 aromatic rings. The van der Waals surface area contributed by atoms with Crippen LogP contribution in [-0.4, -0.2) is 0 Å². The largest absolute Gasteiger partial charge is 0.205 e. The molecule has 0 N–H and O–H groups in total. The fourth-order valence-electron chi connectivity index (χ4n) is 4.47. The Morgan fingerprint density at radius 2 is 0.565 bits per heavy atom. The molecular formula is C36H20F6S4. The van der Waals surface area contributed by atoms with Crippen molar-refractivity contribution in [3.8, 4) is 11.1 Å². The minimum absolute atomic E-state index is 0.141. The number of hydrogen-bond acceptors (Lipinski definition) is 4. The lowest BCUT2D eigenvalue weighted by Gasteiger charge is -2.21. The van der Waals surface area contributed by atoms with Crippen molar-refractivity contribution in [2.75, 3.05) is 0 Å². The summed E-state index contributed by atoms with van der Waals surface area (Å²) in [7, 11) is 0. The summed E-state index contributed by atoms with van der Waals surface area (Å²) >= 11 is 2.96. The minimum Gasteiger partial charge on any atom is -0.205 e. The van der Waals surface area contributed by atoms with Crippen LogP contribution < -0.4 is 0 Å². The third-order valence-electron chi connectivity index (χ3n) is 6.58. The van der Waals surface area contributed by atoms with Crippen LogP contribution in [0.3, 0.4) is 0 Å². The van der Waals surface area contributed by atoms with Crippen molar-refractivity contribution >= 4 is 47.0 Å². The van der Waals surface area contributed by atoms with Gasteiger partial charge in [0.05, 0.1) is 25.1 Å². The van der Waals surface area contributed by atoms with Gasteiger partial charge in [0.1, 0.15) is 5.82 Å². The molecular weight excluding hydrogens is 675 g/mol. The molecule has 0 saturated carbocycles. The highest BCUT2D eigenvalue weighted by atomic mass is 32.2. The molecule has 0 radical (unpaired) electrons. The van der Waals surface area contributed by atoms with Crippen LogP contribution in [0.15, 0.2) is 160 Å². The molecule has 0 aliphatic heterocycles. The first-order chi connectivity index (χ1) is 22.3. The standard InChI is InChI=1S/C36H20F6S4/c37-27-25(28(38)31(41)34(30(27)40)44-22-15-7-2-8-16-22)26-29(39)35(45-23-17-9-3-10-18-23)36(46-24-19-11-4-12-20-24)32(42)33(26)43-21-13-5-1-6-14-21/h1-20H. The van der Waals surface area contributed by atoms with Gasteiger partial charge in [-0.15, -0.1) is 0 Å². The minimum atomic E-state index is -1.83. The average Bonchev–Trinajstić information content (AvgIpc) is 3.09. The van der Waals surface area contributed by atoms with E-state index in [2.05, 4.69) is 0 Å². The lowest BCUT2D eigenvalue weighted by Crippen LogP contribution is -2.07. The Labute approximate surface area is 278 Å². The number of benzene rings is 6. The monoisotopic (exact) mass is 694 g/mol. The van der Waals surface area contributed by atoms with Crippen LogP contribution in [0.2, 0.25) is 0 Å². The van der Waals surface area contributed by atoms with Crippen LogP contribution in [0.5, 0.6) is 0 Å². The van der Waals surface area contributed by atoms with E-state index in [0.29, 0.717) is 43.1 Å². The Morgan fingerprint density at radius 3 is 0.935 bits per heavy atom. The molecule has 0 amide bonds. The fourth-order valence-corrected chi connectivity index (χ4v) is 8.50. The van der Waals surface area contributed by atoms with Gasteiger partial charge in [-0.25, -0.2) is 26.3 Å². The molecule has 0 fully saturated rings. The predicted octanol–water partition coefficient (Wildman–Crippen LogP) is 12.8. The van der Waals surface area contributed by atoms with Gasteiger partial charge in [-0.2, -0.15) is 0 Å². The van der Waals surface area contributed by atoms with Gasteiger partial charge in [0, 0.05) is 25.1 Å². The molecule has 46 heavy (non-hydrogen) atoms. The van der Waals surface area contributed by atoms with Gasteiger partial charge in [-0.1, -0.05) is 120 Å². The first kappa shape index (κ1) is 32.2. The highest BCUT2D eigenvalue weighted by Gasteiger charge is 2.34. The first-order valence-corrected chi connectivity index (χ1v) is 16.9. The molecule has 0 nitrogen and oxygen atoms in total. The summed E-state index contributed by atoms with van der Waals surface area (Å²) in [5, 5.41) is 0. The highest BCUT2D eigenvalue weighted by molar-refractivity contribution is 8.02. The SMILES string of the molecule is Fc1c(F)c(-c2c(F)c(Sc3ccccc3)c(Sc3ccccc3)c(F)c2Sc2ccccc2)c(F)c(F)c1Sc1ccccc1.